The number of aliphatic hydroxyl groups is 1. The number of aliphatic carboxylic acids is 1. The molecule has 0 aromatic rings. The van der Waals surface area contributed by atoms with Crippen LogP contribution in [0.3, 0.4) is 0 Å². The van der Waals surface area contributed by atoms with Crippen molar-refractivity contribution >= 4 is 5.97 Å². The summed E-state index contributed by atoms with van der Waals surface area (Å²) >= 11 is 0. The third-order valence-corrected chi connectivity index (χ3v) is 9.63. The molecule has 0 heterocycles. The van der Waals surface area contributed by atoms with Gasteiger partial charge >= 0.3 is 5.97 Å². The maximum atomic E-state index is 11.0. The molecule has 2 unspecified atom stereocenters. The third kappa shape index (κ3) is 3.09. The van der Waals surface area contributed by atoms with E-state index in [1.165, 1.54) is 32.1 Å². The molecule has 3 fully saturated rings. The fourth-order valence-corrected chi connectivity index (χ4v) is 8.02. The van der Waals surface area contributed by atoms with Crippen LogP contribution in [-0.2, 0) is 4.79 Å². The number of fused-ring (bicyclic) bond motifs is 5. The van der Waals surface area contributed by atoms with Gasteiger partial charge in [-0.1, -0.05) is 32.4 Å². The summed E-state index contributed by atoms with van der Waals surface area (Å²) in [5, 5.41) is 19.3. The maximum absolute atomic E-state index is 11.0. The van der Waals surface area contributed by atoms with Crippen molar-refractivity contribution in [2.75, 3.05) is 0 Å². The zero-order chi connectivity index (χ0) is 19.4. The van der Waals surface area contributed by atoms with Crippen molar-refractivity contribution in [1.82, 2.24) is 0 Å². The molecular formula is C24H38O3. The van der Waals surface area contributed by atoms with Crippen molar-refractivity contribution in [3.8, 4) is 0 Å². The van der Waals surface area contributed by atoms with E-state index in [1.54, 1.807) is 5.57 Å². The largest absolute Gasteiger partial charge is 0.481 e. The standard InChI is InChI=1S/C24H38O3/c1-15(4-9-22(26)27)19-7-8-20-18-6-5-16-14-17(25)10-12-23(16,2)21(18)11-13-24(19,20)3/h6,15-17,19-21,25H,4-5,7-14H2,1-3H3,(H,26,27)/t15-,16?,17?,19-,20+,21+,23+,24-/m1/s1. The van der Waals surface area contributed by atoms with Gasteiger partial charge in [0.05, 0.1) is 6.10 Å². The second kappa shape index (κ2) is 6.90. The molecule has 2 N–H and O–H groups in total. The molecule has 4 aliphatic rings. The second-order valence-corrected chi connectivity index (χ2v) is 10.8. The van der Waals surface area contributed by atoms with Gasteiger partial charge in [0, 0.05) is 6.42 Å². The van der Waals surface area contributed by atoms with Gasteiger partial charge < -0.3 is 10.2 Å². The van der Waals surface area contributed by atoms with Crippen LogP contribution in [0.1, 0.15) is 85.0 Å². The number of carboxylic acids is 1. The lowest BCUT2D eigenvalue weighted by atomic mass is 9.47. The molecule has 0 aromatic carbocycles. The van der Waals surface area contributed by atoms with Crippen LogP contribution in [0, 0.1) is 40.4 Å². The van der Waals surface area contributed by atoms with Crippen LogP contribution >= 0.6 is 0 Å². The van der Waals surface area contributed by atoms with Gasteiger partial charge in [-0.25, -0.2) is 0 Å². The molecule has 0 amide bonds. The van der Waals surface area contributed by atoms with Crippen molar-refractivity contribution in [1.29, 1.82) is 0 Å². The first-order valence-electron chi connectivity index (χ1n) is 11.4. The molecule has 0 spiro atoms. The van der Waals surface area contributed by atoms with Gasteiger partial charge in [-0.2, -0.15) is 0 Å². The Hall–Kier alpha value is -0.830. The van der Waals surface area contributed by atoms with E-state index < -0.39 is 5.97 Å². The number of hydrogen-bond donors (Lipinski definition) is 2. The van der Waals surface area contributed by atoms with Crippen LogP contribution in [0.2, 0.25) is 0 Å². The monoisotopic (exact) mass is 374 g/mol. The average molecular weight is 375 g/mol. The summed E-state index contributed by atoms with van der Waals surface area (Å²) in [6, 6.07) is 0. The highest BCUT2D eigenvalue weighted by Gasteiger charge is 2.58. The lowest BCUT2D eigenvalue weighted by Gasteiger charge is -2.57. The Kier molecular flexibility index (Phi) is 4.98. The molecule has 4 rings (SSSR count). The third-order valence-electron chi connectivity index (χ3n) is 9.63. The van der Waals surface area contributed by atoms with Crippen LogP contribution in [-0.4, -0.2) is 22.3 Å². The fourth-order valence-electron chi connectivity index (χ4n) is 8.02. The highest BCUT2D eigenvalue weighted by atomic mass is 16.4. The Bertz CT molecular complexity index is 625. The molecular weight excluding hydrogens is 336 g/mol. The van der Waals surface area contributed by atoms with Crippen molar-refractivity contribution in [3.63, 3.8) is 0 Å². The topological polar surface area (TPSA) is 57.5 Å². The minimum Gasteiger partial charge on any atom is -0.481 e. The Morgan fingerprint density at radius 3 is 2.59 bits per heavy atom. The van der Waals surface area contributed by atoms with E-state index in [1.807, 2.05) is 0 Å². The molecule has 0 radical (unpaired) electrons. The highest BCUT2D eigenvalue weighted by molar-refractivity contribution is 5.66. The first-order chi connectivity index (χ1) is 12.8. The zero-order valence-electron chi connectivity index (χ0n) is 17.4. The number of carboxylic acid groups (broad SMARTS) is 1. The van der Waals surface area contributed by atoms with E-state index in [4.69, 9.17) is 5.11 Å². The van der Waals surface area contributed by atoms with E-state index in [0.29, 0.717) is 40.9 Å². The molecule has 4 aliphatic carbocycles. The minimum atomic E-state index is -0.654. The van der Waals surface area contributed by atoms with E-state index in [2.05, 4.69) is 26.8 Å². The van der Waals surface area contributed by atoms with Gasteiger partial charge in [0.2, 0.25) is 0 Å². The normalized spacial score (nSPS) is 47.4. The van der Waals surface area contributed by atoms with Gasteiger partial charge in [0.25, 0.3) is 0 Å². The molecule has 0 aliphatic heterocycles. The summed E-state index contributed by atoms with van der Waals surface area (Å²) in [4.78, 5) is 11.0. The molecule has 3 saturated carbocycles. The predicted molar refractivity (Wildman–Crippen MR) is 107 cm³/mol. The van der Waals surface area contributed by atoms with Gasteiger partial charge in [0.1, 0.15) is 0 Å². The average Bonchev–Trinajstić information content (AvgIpc) is 2.97. The van der Waals surface area contributed by atoms with Gasteiger partial charge in [0.15, 0.2) is 0 Å². The van der Waals surface area contributed by atoms with E-state index in [-0.39, 0.29) is 6.10 Å². The number of aliphatic hydroxyl groups excluding tert-OH is 1. The first kappa shape index (κ1) is 19.5. The fraction of sp³-hybridized carbons (Fsp3) is 0.875. The van der Waals surface area contributed by atoms with Crippen LogP contribution < -0.4 is 0 Å². The van der Waals surface area contributed by atoms with Gasteiger partial charge in [-0.05, 0) is 98.2 Å². The van der Waals surface area contributed by atoms with E-state index >= 15 is 0 Å². The first-order valence-corrected chi connectivity index (χ1v) is 11.4. The van der Waals surface area contributed by atoms with Gasteiger partial charge in [-0.15, -0.1) is 0 Å². The lowest BCUT2D eigenvalue weighted by Crippen LogP contribution is -2.49. The summed E-state index contributed by atoms with van der Waals surface area (Å²) < 4.78 is 0. The molecule has 0 aromatic heterocycles. The summed E-state index contributed by atoms with van der Waals surface area (Å²) in [5.41, 5.74) is 2.50. The van der Waals surface area contributed by atoms with Crippen LogP contribution in [0.5, 0.6) is 0 Å². The van der Waals surface area contributed by atoms with E-state index in [0.717, 1.165) is 31.6 Å². The molecule has 0 bridgehead atoms. The van der Waals surface area contributed by atoms with Crippen LogP contribution in [0.25, 0.3) is 0 Å². The lowest BCUT2D eigenvalue weighted by molar-refractivity contribution is -0.137. The summed E-state index contributed by atoms with van der Waals surface area (Å²) in [6.07, 6.45) is 13.1. The van der Waals surface area contributed by atoms with Crippen molar-refractivity contribution in [2.45, 2.75) is 91.1 Å². The molecule has 0 saturated heterocycles. The number of carbonyl (C=O) groups is 1. The zero-order valence-corrected chi connectivity index (χ0v) is 17.4. The Morgan fingerprint density at radius 1 is 1.15 bits per heavy atom. The van der Waals surface area contributed by atoms with E-state index in [9.17, 15) is 9.90 Å². The smallest absolute Gasteiger partial charge is 0.303 e. The second-order valence-electron chi connectivity index (χ2n) is 10.8. The molecule has 3 nitrogen and oxygen atoms in total. The maximum Gasteiger partial charge on any atom is 0.303 e. The molecule has 8 atom stereocenters. The number of rotatable bonds is 4. The molecule has 27 heavy (non-hydrogen) atoms. The Balaban J connectivity index is 1.55. The van der Waals surface area contributed by atoms with Crippen molar-refractivity contribution in [3.05, 3.63) is 11.6 Å². The highest BCUT2D eigenvalue weighted by Crippen LogP contribution is 2.66. The number of hydrogen-bond acceptors (Lipinski definition) is 2. The Morgan fingerprint density at radius 2 is 1.85 bits per heavy atom. The van der Waals surface area contributed by atoms with Crippen molar-refractivity contribution < 1.29 is 15.0 Å². The van der Waals surface area contributed by atoms with Crippen molar-refractivity contribution in [2.24, 2.45) is 40.4 Å². The van der Waals surface area contributed by atoms with Crippen LogP contribution in [0.15, 0.2) is 11.6 Å². The molecule has 152 valence electrons. The summed E-state index contributed by atoms with van der Waals surface area (Å²) in [5.74, 6) is 2.60. The summed E-state index contributed by atoms with van der Waals surface area (Å²) in [6.45, 7) is 7.33. The minimum absolute atomic E-state index is 0.0853. The molecule has 3 heteroatoms. The number of allylic oxidation sites excluding steroid dienone is 2. The predicted octanol–water partition coefficient (Wildman–Crippen LogP) is 5.43. The van der Waals surface area contributed by atoms with Gasteiger partial charge in [-0.3, -0.25) is 4.79 Å². The SMILES string of the molecule is C[C@H](CCC(=O)O)[C@H]1CC[C@H]2C3=CCC4CC(O)CC[C@]4(C)[C@H]3CC[C@]12C. The summed E-state index contributed by atoms with van der Waals surface area (Å²) in [7, 11) is 0. The Labute approximate surface area is 164 Å². The quantitative estimate of drug-likeness (QED) is 0.645. The van der Waals surface area contributed by atoms with Crippen LogP contribution in [0.4, 0.5) is 0 Å².